The molecule has 0 fully saturated rings. The molecule has 4 rings (SSSR count). The van der Waals surface area contributed by atoms with E-state index in [0.717, 1.165) is 16.8 Å². The lowest BCUT2D eigenvalue weighted by atomic mass is 10.2. The minimum atomic E-state index is -1.02. The van der Waals surface area contributed by atoms with E-state index >= 15 is 0 Å². The zero-order valence-corrected chi connectivity index (χ0v) is 17.7. The molecular formula is C25H22N4O3. The number of nitrogens with one attached hydrogen (secondary N) is 1. The maximum Gasteiger partial charge on any atom is 0.379 e. The van der Waals surface area contributed by atoms with Crippen molar-refractivity contribution in [3.63, 3.8) is 0 Å². The summed E-state index contributed by atoms with van der Waals surface area (Å²) in [6.07, 6.45) is -1.02. The number of carbonyl (C=O) groups is 2. The maximum atomic E-state index is 12.8. The van der Waals surface area contributed by atoms with Crippen LogP contribution in [0.5, 0.6) is 0 Å². The molecule has 1 heterocycles. The van der Waals surface area contributed by atoms with Gasteiger partial charge in [-0.2, -0.15) is 0 Å². The van der Waals surface area contributed by atoms with Crippen molar-refractivity contribution in [1.29, 1.82) is 0 Å². The lowest BCUT2D eigenvalue weighted by molar-refractivity contribution is -0.123. The Hall–Kier alpha value is -4.26. The predicted molar refractivity (Wildman–Crippen MR) is 121 cm³/mol. The second-order valence-electron chi connectivity index (χ2n) is 7.28. The Morgan fingerprint density at radius 1 is 0.938 bits per heavy atom. The van der Waals surface area contributed by atoms with E-state index < -0.39 is 18.0 Å². The number of carbonyl (C=O) groups excluding carboxylic acids is 2. The zero-order chi connectivity index (χ0) is 22.5. The zero-order valence-electron chi connectivity index (χ0n) is 17.7. The lowest BCUT2D eigenvalue weighted by Crippen LogP contribution is -2.30. The highest BCUT2D eigenvalue weighted by atomic mass is 16.5. The number of hydrogen-bond acceptors (Lipinski definition) is 5. The topological polar surface area (TPSA) is 86.1 Å². The summed E-state index contributed by atoms with van der Waals surface area (Å²) < 4.78 is 6.94. The smallest absolute Gasteiger partial charge is 0.379 e. The molecule has 0 saturated carbocycles. The van der Waals surface area contributed by atoms with Crippen molar-refractivity contribution in [2.45, 2.75) is 20.0 Å². The molecular weight excluding hydrogens is 404 g/mol. The van der Waals surface area contributed by atoms with E-state index in [1.807, 2.05) is 85.8 Å². The van der Waals surface area contributed by atoms with E-state index in [4.69, 9.17) is 4.74 Å². The van der Waals surface area contributed by atoms with Gasteiger partial charge in [-0.05, 0) is 43.7 Å². The standard InChI is InChI=1S/C25H22N4O3/c1-17-10-9-13-20(16-17)26-24(30)18(2)32-25(31)22-27-23(19-11-5-3-6-12-19)29(28-22)21-14-7-4-8-15-21/h3-16,18H,1-2H3,(H,26,30). The molecule has 0 aliphatic heterocycles. The highest BCUT2D eigenvalue weighted by molar-refractivity contribution is 5.96. The van der Waals surface area contributed by atoms with Crippen LogP contribution in [-0.2, 0) is 9.53 Å². The average Bonchev–Trinajstić information content (AvgIpc) is 3.26. The van der Waals surface area contributed by atoms with E-state index in [2.05, 4.69) is 15.4 Å². The number of amides is 1. The summed E-state index contributed by atoms with van der Waals surface area (Å²) in [6, 6.07) is 26.2. The Morgan fingerprint density at radius 3 is 2.31 bits per heavy atom. The van der Waals surface area contributed by atoms with Crippen molar-refractivity contribution in [3.05, 3.63) is 96.3 Å². The molecule has 3 aromatic carbocycles. The summed E-state index contributed by atoms with van der Waals surface area (Å²) in [7, 11) is 0. The van der Waals surface area contributed by atoms with Gasteiger partial charge in [-0.3, -0.25) is 4.79 Å². The van der Waals surface area contributed by atoms with Gasteiger partial charge in [0.05, 0.1) is 5.69 Å². The minimum absolute atomic E-state index is 0.122. The number of esters is 1. The number of nitrogens with zero attached hydrogens (tertiary/aromatic N) is 3. The van der Waals surface area contributed by atoms with Crippen LogP contribution < -0.4 is 5.32 Å². The van der Waals surface area contributed by atoms with Crippen LogP contribution in [0.15, 0.2) is 84.9 Å². The Kier molecular flexibility index (Phi) is 6.07. The molecule has 1 aromatic heterocycles. The molecule has 1 amide bonds. The molecule has 4 aromatic rings. The van der Waals surface area contributed by atoms with Gasteiger partial charge in [-0.25, -0.2) is 14.5 Å². The van der Waals surface area contributed by atoms with E-state index in [-0.39, 0.29) is 5.82 Å². The first-order valence-electron chi connectivity index (χ1n) is 10.2. The van der Waals surface area contributed by atoms with E-state index in [1.165, 1.54) is 6.92 Å². The van der Waals surface area contributed by atoms with Gasteiger partial charge in [0, 0.05) is 11.3 Å². The first kappa shape index (κ1) is 21.0. The van der Waals surface area contributed by atoms with Crippen LogP contribution in [0, 0.1) is 6.92 Å². The number of aryl methyl sites for hydroxylation is 1. The van der Waals surface area contributed by atoms with Crippen LogP contribution in [-0.4, -0.2) is 32.7 Å². The molecule has 0 saturated heterocycles. The highest BCUT2D eigenvalue weighted by Crippen LogP contribution is 2.21. The SMILES string of the molecule is Cc1cccc(NC(=O)C(C)OC(=O)c2nc(-c3ccccc3)n(-c3ccccc3)n2)c1. The number of hydrogen-bond donors (Lipinski definition) is 1. The number of aromatic nitrogens is 3. The number of rotatable bonds is 6. The second-order valence-corrected chi connectivity index (χ2v) is 7.28. The molecule has 1 unspecified atom stereocenters. The lowest BCUT2D eigenvalue weighted by Gasteiger charge is -2.12. The van der Waals surface area contributed by atoms with Crippen molar-refractivity contribution in [1.82, 2.24) is 14.8 Å². The quantitative estimate of drug-likeness (QED) is 0.461. The average molecular weight is 426 g/mol. The molecule has 32 heavy (non-hydrogen) atoms. The van der Waals surface area contributed by atoms with Crippen molar-refractivity contribution in [2.75, 3.05) is 5.32 Å². The second kappa shape index (κ2) is 9.26. The predicted octanol–water partition coefficient (Wildman–Crippen LogP) is 4.43. The normalized spacial score (nSPS) is 11.6. The first-order valence-corrected chi connectivity index (χ1v) is 10.2. The summed E-state index contributed by atoms with van der Waals surface area (Å²) >= 11 is 0. The first-order chi connectivity index (χ1) is 15.5. The fourth-order valence-corrected chi connectivity index (χ4v) is 3.16. The van der Waals surface area contributed by atoms with E-state index in [0.29, 0.717) is 11.5 Å². The monoisotopic (exact) mass is 426 g/mol. The Bertz CT molecular complexity index is 1180. The van der Waals surface area contributed by atoms with Gasteiger partial charge in [-0.15, -0.1) is 5.10 Å². The fourth-order valence-electron chi connectivity index (χ4n) is 3.16. The van der Waals surface area contributed by atoms with Crippen LogP contribution in [0.3, 0.4) is 0 Å². The van der Waals surface area contributed by atoms with Gasteiger partial charge < -0.3 is 10.1 Å². The summed E-state index contributed by atoms with van der Waals surface area (Å²) in [5, 5.41) is 7.11. The van der Waals surface area contributed by atoms with Gasteiger partial charge in [0.1, 0.15) is 0 Å². The molecule has 0 aliphatic rings. The molecule has 160 valence electrons. The van der Waals surface area contributed by atoms with E-state index in [9.17, 15) is 9.59 Å². The summed E-state index contributed by atoms with van der Waals surface area (Å²) in [5.74, 6) is -0.831. The van der Waals surface area contributed by atoms with E-state index in [1.54, 1.807) is 10.7 Å². The molecule has 1 N–H and O–H groups in total. The Balaban J connectivity index is 1.56. The van der Waals surface area contributed by atoms with Crippen LogP contribution in [0.2, 0.25) is 0 Å². The fraction of sp³-hybridized carbons (Fsp3) is 0.120. The maximum absolute atomic E-state index is 12.8. The summed E-state index contributed by atoms with van der Waals surface area (Å²) in [4.78, 5) is 29.6. The number of anilines is 1. The third-order valence-corrected chi connectivity index (χ3v) is 4.76. The van der Waals surface area contributed by atoms with Crippen molar-refractivity contribution < 1.29 is 14.3 Å². The van der Waals surface area contributed by atoms with Gasteiger partial charge in [-0.1, -0.05) is 60.7 Å². The molecule has 1 atom stereocenters. The largest absolute Gasteiger partial charge is 0.447 e. The third kappa shape index (κ3) is 4.73. The van der Waals surface area contributed by atoms with Crippen LogP contribution >= 0.6 is 0 Å². The van der Waals surface area contributed by atoms with Gasteiger partial charge >= 0.3 is 5.97 Å². The van der Waals surface area contributed by atoms with Gasteiger partial charge in [0.25, 0.3) is 11.7 Å². The molecule has 0 radical (unpaired) electrons. The summed E-state index contributed by atoms with van der Waals surface area (Å²) in [5.41, 5.74) is 3.20. The number of ether oxygens (including phenoxy) is 1. The molecule has 0 aliphatic carbocycles. The van der Waals surface area contributed by atoms with Crippen LogP contribution in [0.4, 0.5) is 5.69 Å². The van der Waals surface area contributed by atoms with Crippen molar-refractivity contribution in [3.8, 4) is 17.1 Å². The van der Waals surface area contributed by atoms with Crippen molar-refractivity contribution in [2.24, 2.45) is 0 Å². The molecule has 7 nitrogen and oxygen atoms in total. The number of para-hydroxylation sites is 1. The molecule has 7 heteroatoms. The molecule has 0 spiro atoms. The Morgan fingerprint density at radius 2 is 1.62 bits per heavy atom. The highest BCUT2D eigenvalue weighted by Gasteiger charge is 2.24. The molecule has 0 bridgehead atoms. The minimum Gasteiger partial charge on any atom is -0.447 e. The summed E-state index contributed by atoms with van der Waals surface area (Å²) in [6.45, 7) is 3.44. The van der Waals surface area contributed by atoms with Crippen LogP contribution in [0.25, 0.3) is 17.1 Å². The van der Waals surface area contributed by atoms with Gasteiger partial charge in [0.15, 0.2) is 11.9 Å². The Labute approximate surface area is 185 Å². The van der Waals surface area contributed by atoms with Gasteiger partial charge in [0.2, 0.25) is 0 Å². The third-order valence-electron chi connectivity index (χ3n) is 4.76. The van der Waals surface area contributed by atoms with Crippen molar-refractivity contribution >= 4 is 17.6 Å². The van der Waals surface area contributed by atoms with Crippen LogP contribution in [0.1, 0.15) is 23.1 Å². The number of benzene rings is 3.